The molecule has 22 heavy (non-hydrogen) atoms. The number of rotatable bonds is 2. The Morgan fingerprint density at radius 3 is 2.36 bits per heavy atom. The van der Waals surface area contributed by atoms with Crippen LogP contribution in [0.1, 0.15) is 60.8 Å². The van der Waals surface area contributed by atoms with Crippen molar-refractivity contribution < 1.29 is 0 Å². The second-order valence-corrected chi connectivity index (χ2v) is 9.60. The van der Waals surface area contributed by atoms with Crippen molar-refractivity contribution in [2.75, 3.05) is 0 Å². The van der Waals surface area contributed by atoms with Gasteiger partial charge in [0, 0.05) is 17.9 Å². The normalized spacial score (nSPS) is 23.6. The summed E-state index contributed by atoms with van der Waals surface area (Å²) < 4.78 is 0.357. The molecule has 0 radical (unpaired) electrons. The number of hydrogen-bond donors (Lipinski definition) is 0. The molecule has 1 saturated carbocycles. The van der Waals surface area contributed by atoms with Crippen molar-refractivity contribution in [1.82, 2.24) is 0 Å². The zero-order valence-corrected chi connectivity index (χ0v) is 15.3. The van der Waals surface area contributed by atoms with Crippen LogP contribution in [0, 0.1) is 31.1 Å². The molecule has 1 aromatic carbocycles. The maximum absolute atomic E-state index is 8.98. The van der Waals surface area contributed by atoms with E-state index in [2.05, 4.69) is 55.6 Å². The number of nitriles is 1. The molecule has 1 unspecified atom stereocenters. The SMILES string of the molecule is Cc1cc2c(cc1C)CSC1(CCCCC1CCC#N)SC2. The fraction of sp³-hybridized carbons (Fsp3) is 0.632. The molecule has 0 aromatic heterocycles. The van der Waals surface area contributed by atoms with Gasteiger partial charge in [-0.25, -0.2) is 0 Å². The molecular weight excluding hydrogens is 306 g/mol. The van der Waals surface area contributed by atoms with Gasteiger partial charge in [0.2, 0.25) is 0 Å². The molecule has 0 N–H and O–H groups in total. The second-order valence-electron chi connectivity index (χ2n) is 6.73. The van der Waals surface area contributed by atoms with Crippen molar-refractivity contribution in [1.29, 1.82) is 5.26 Å². The largest absolute Gasteiger partial charge is 0.198 e. The molecule has 3 rings (SSSR count). The van der Waals surface area contributed by atoms with Crippen LogP contribution in [-0.2, 0) is 11.5 Å². The van der Waals surface area contributed by atoms with Gasteiger partial charge in [-0.2, -0.15) is 5.26 Å². The summed E-state index contributed by atoms with van der Waals surface area (Å²) >= 11 is 4.35. The minimum atomic E-state index is 0.357. The quantitative estimate of drug-likeness (QED) is 0.666. The summed E-state index contributed by atoms with van der Waals surface area (Å²) in [5, 5.41) is 8.98. The van der Waals surface area contributed by atoms with Crippen molar-refractivity contribution in [2.24, 2.45) is 5.92 Å². The van der Waals surface area contributed by atoms with Gasteiger partial charge in [0.25, 0.3) is 0 Å². The standard InChI is InChI=1S/C19H25NS2/c1-14-10-16-12-21-19(22-13-17(16)11-15(14)2)8-4-3-6-18(19)7-5-9-20/h10-11,18H,3-8,12-13H2,1-2H3. The number of fused-ring (bicyclic) bond motifs is 1. The number of nitrogens with zero attached hydrogens (tertiary/aromatic N) is 1. The Kier molecular flexibility index (Phi) is 5.10. The Hall–Kier alpha value is -0.590. The summed E-state index contributed by atoms with van der Waals surface area (Å²) in [5.74, 6) is 3.01. The summed E-state index contributed by atoms with van der Waals surface area (Å²) in [4.78, 5) is 0. The van der Waals surface area contributed by atoms with Gasteiger partial charge in [-0.05, 0) is 61.3 Å². The first-order valence-corrected chi connectivity index (χ1v) is 10.4. The summed E-state index contributed by atoms with van der Waals surface area (Å²) in [6.45, 7) is 4.45. The minimum absolute atomic E-state index is 0.357. The Morgan fingerprint density at radius 1 is 1.14 bits per heavy atom. The fourth-order valence-electron chi connectivity index (χ4n) is 3.82. The molecule has 2 aliphatic rings. The van der Waals surface area contributed by atoms with Crippen LogP contribution in [0.2, 0.25) is 0 Å². The van der Waals surface area contributed by atoms with Crippen molar-refractivity contribution >= 4 is 23.5 Å². The lowest BCUT2D eigenvalue weighted by atomic mass is 9.85. The number of hydrogen-bond acceptors (Lipinski definition) is 3. The first kappa shape index (κ1) is 16.3. The van der Waals surface area contributed by atoms with Crippen LogP contribution in [0.25, 0.3) is 0 Å². The molecule has 1 aliphatic heterocycles. The lowest BCUT2D eigenvalue weighted by Gasteiger charge is -2.42. The molecule has 1 heterocycles. The highest BCUT2D eigenvalue weighted by atomic mass is 32.2. The molecule has 0 saturated heterocycles. The maximum Gasteiger partial charge on any atom is 0.0646 e. The average Bonchev–Trinajstić information content (AvgIpc) is 2.69. The second kappa shape index (κ2) is 6.89. The third-order valence-corrected chi connectivity index (χ3v) is 8.98. The molecule has 1 nitrogen and oxygen atoms in total. The van der Waals surface area contributed by atoms with E-state index in [-0.39, 0.29) is 0 Å². The summed E-state index contributed by atoms with van der Waals surface area (Å²) in [6, 6.07) is 7.18. The van der Waals surface area contributed by atoms with E-state index in [9.17, 15) is 0 Å². The van der Waals surface area contributed by atoms with E-state index in [4.69, 9.17) is 5.26 Å². The Balaban J connectivity index is 1.83. The van der Waals surface area contributed by atoms with E-state index in [0.29, 0.717) is 10.00 Å². The molecule has 0 bridgehead atoms. The van der Waals surface area contributed by atoms with E-state index in [0.717, 1.165) is 24.3 Å². The molecule has 1 atom stereocenters. The van der Waals surface area contributed by atoms with E-state index >= 15 is 0 Å². The first-order chi connectivity index (χ1) is 10.6. The molecule has 0 amide bonds. The first-order valence-electron chi connectivity index (χ1n) is 8.38. The number of thioether (sulfide) groups is 2. The Labute approximate surface area is 143 Å². The zero-order chi connectivity index (χ0) is 15.6. The van der Waals surface area contributed by atoms with E-state index < -0.39 is 0 Å². The zero-order valence-electron chi connectivity index (χ0n) is 13.7. The highest BCUT2D eigenvalue weighted by molar-refractivity contribution is 8.17. The van der Waals surface area contributed by atoms with Crippen molar-refractivity contribution in [3.63, 3.8) is 0 Å². The third kappa shape index (κ3) is 3.19. The fourth-order valence-corrected chi connectivity index (χ4v) is 7.36. The monoisotopic (exact) mass is 331 g/mol. The molecule has 1 aromatic rings. The molecule has 1 fully saturated rings. The number of aryl methyl sites for hydroxylation is 2. The Morgan fingerprint density at radius 2 is 1.77 bits per heavy atom. The summed E-state index contributed by atoms with van der Waals surface area (Å²) in [6.07, 6.45) is 7.16. The molecule has 3 heteroatoms. The minimum Gasteiger partial charge on any atom is -0.198 e. The van der Waals surface area contributed by atoms with Gasteiger partial charge in [-0.1, -0.05) is 25.0 Å². The van der Waals surface area contributed by atoms with Crippen molar-refractivity contribution in [3.05, 3.63) is 34.4 Å². The van der Waals surface area contributed by atoms with Crippen molar-refractivity contribution in [2.45, 2.75) is 68.0 Å². The molecular formula is C19H25NS2. The average molecular weight is 332 g/mol. The topological polar surface area (TPSA) is 23.8 Å². The van der Waals surface area contributed by atoms with Crippen LogP contribution >= 0.6 is 23.5 Å². The predicted molar refractivity (Wildman–Crippen MR) is 98.0 cm³/mol. The van der Waals surface area contributed by atoms with Crippen LogP contribution in [-0.4, -0.2) is 4.08 Å². The smallest absolute Gasteiger partial charge is 0.0646 e. The maximum atomic E-state index is 8.98. The van der Waals surface area contributed by atoms with Crippen LogP contribution in [0.4, 0.5) is 0 Å². The molecule has 1 aliphatic carbocycles. The Bertz CT molecular complexity index is 555. The van der Waals surface area contributed by atoms with Crippen LogP contribution in [0.5, 0.6) is 0 Å². The lowest BCUT2D eigenvalue weighted by Crippen LogP contribution is -2.34. The lowest BCUT2D eigenvalue weighted by molar-refractivity contribution is 0.331. The predicted octanol–water partition coefficient (Wildman–Crippen LogP) is 5.97. The summed E-state index contributed by atoms with van der Waals surface area (Å²) in [7, 11) is 0. The van der Waals surface area contributed by atoms with Gasteiger partial charge in [0.05, 0.1) is 10.1 Å². The van der Waals surface area contributed by atoms with E-state index in [1.807, 2.05) is 0 Å². The summed E-state index contributed by atoms with van der Waals surface area (Å²) in [5.41, 5.74) is 5.93. The van der Waals surface area contributed by atoms with Crippen molar-refractivity contribution in [3.8, 4) is 6.07 Å². The van der Waals surface area contributed by atoms with E-state index in [1.54, 1.807) is 11.1 Å². The van der Waals surface area contributed by atoms with Gasteiger partial charge in [0.15, 0.2) is 0 Å². The van der Waals surface area contributed by atoms with Gasteiger partial charge in [0.1, 0.15) is 0 Å². The van der Waals surface area contributed by atoms with Crippen LogP contribution < -0.4 is 0 Å². The molecule has 118 valence electrons. The van der Waals surface area contributed by atoms with Crippen LogP contribution in [0.3, 0.4) is 0 Å². The number of benzene rings is 1. The molecule has 1 spiro atoms. The van der Waals surface area contributed by atoms with Gasteiger partial charge in [-0.15, -0.1) is 23.5 Å². The highest BCUT2D eigenvalue weighted by Gasteiger charge is 2.42. The third-order valence-electron chi connectivity index (χ3n) is 5.31. The van der Waals surface area contributed by atoms with E-state index in [1.165, 1.54) is 36.8 Å². The van der Waals surface area contributed by atoms with Crippen LogP contribution in [0.15, 0.2) is 12.1 Å². The van der Waals surface area contributed by atoms with Gasteiger partial charge >= 0.3 is 0 Å². The van der Waals surface area contributed by atoms with Gasteiger partial charge in [-0.3, -0.25) is 0 Å². The van der Waals surface area contributed by atoms with Gasteiger partial charge < -0.3 is 0 Å². The highest BCUT2D eigenvalue weighted by Crippen LogP contribution is 2.56.